The number of benzene rings is 1. The zero-order valence-electron chi connectivity index (χ0n) is 12.0. The molecule has 0 unspecified atom stereocenters. The fourth-order valence-electron chi connectivity index (χ4n) is 1.97. The van der Waals surface area contributed by atoms with E-state index in [-0.39, 0.29) is 5.41 Å². The van der Waals surface area contributed by atoms with E-state index in [0.717, 1.165) is 13.0 Å². The standard InChI is InChI=1S/C16H24N2/c1-13-7-5-8-15(11-13)14(2)18-12-16(3,4)9-6-10-17/h5,7-8,11,14,18H,6,9,12H2,1-4H3/t14-/m0/s1. The van der Waals surface area contributed by atoms with Crippen LogP contribution in [0.4, 0.5) is 0 Å². The highest BCUT2D eigenvalue weighted by atomic mass is 14.9. The number of nitriles is 1. The SMILES string of the molecule is Cc1cccc([C@H](C)NCC(C)(C)CCC#N)c1. The molecule has 18 heavy (non-hydrogen) atoms. The third kappa shape index (κ3) is 4.89. The highest BCUT2D eigenvalue weighted by Crippen LogP contribution is 2.22. The van der Waals surface area contributed by atoms with Crippen LogP contribution in [-0.4, -0.2) is 6.54 Å². The lowest BCUT2D eigenvalue weighted by molar-refractivity contribution is 0.305. The molecule has 0 aliphatic heterocycles. The van der Waals surface area contributed by atoms with Gasteiger partial charge in [0.2, 0.25) is 0 Å². The van der Waals surface area contributed by atoms with E-state index in [1.165, 1.54) is 11.1 Å². The maximum absolute atomic E-state index is 8.65. The molecule has 0 amide bonds. The second-order valence-corrected chi connectivity index (χ2v) is 5.84. The first-order valence-corrected chi connectivity index (χ1v) is 6.61. The molecular formula is C16H24N2. The lowest BCUT2D eigenvalue weighted by atomic mass is 9.87. The van der Waals surface area contributed by atoms with Gasteiger partial charge in [-0.05, 0) is 31.2 Å². The van der Waals surface area contributed by atoms with Gasteiger partial charge >= 0.3 is 0 Å². The summed E-state index contributed by atoms with van der Waals surface area (Å²) < 4.78 is 0. The summed E-state index contributed by atoms with van der Waals surface area (Å²) >= 11 is 0. The van der Waals surface area contributed by atoms with Crippen LogP contribution in [0, 0.1) is 23.7 Å². The Morgan fingerprint density at radius 1 is 1.39 bits per heavy atom. The molecule has 0 bridgehead atoms. The number of hydrogen-bond acceptors (Lipinski definition) is 2. The third-order valence-corrected chi connectivity index (χ3v) is 3.34. The highest BCUT2D eigenvalue weighted by Gasteiger charge is 2.18. The molecular weight excluding hydrogens is 220 g/mol. The molecule has 0 aliphatic carbocycles. The molecule has 1 N–H and O–H groups in total. The quantitative estimate of drug-likeness (QED) is 0.821. The summed E-state index contributed by atoms with van der Waals surface area (Å²) in [5, 5.41) is 12.2. The molecule has 1 aromatic carbocycles. The van der Waals surface area contributed by atoms with E-state index in [9.17, 15) is 0 Å². The van der Waals surface area contributed by atoms with E-state index < -0.39 is 0 Å². The molecule has 2 heteroatoms. The smallest absolute Gasteiger partial charge is 0.0621 e. The number of aryl methyl sites for hydroxylation is 1. The van der Waals surface area contributed by atoms with Gasteiger partial charge in [-0.15, -0.1) is 0 Å². The zero-order valence-corrected chi connectivity index (χ0v) is 12.0. The van der Waals surface area contributed by atoms with Crippen molar-refractivity contribution in [2.75, 3.05) is 6.54 Å². The normalized spacial score (nSPS) is 13.1. The van der Waals surface area contributed by atoms with Gasteiger partial charge in [-0.1, -0.05) is 43.7 Å². The van der Waals surface area contributed by atoms with Crippen molar-refractivity contribution in [2.24, 2.45) is 5.41 Å². The van der Waals surface area contributed by atoms with E-state index in [0.29, 0.717) is 12.5 Å². The largest absolute Gasteiger partial charge is 0.310 e. The molecule has 0 heterocycles. The molecule has 1 atom stereocenters. The Labute approximate surface area is 111 Å². The van der Waals surface area contributed by atoms with E-state index in [4.69, 9.17) is 5.26 Å². The van der Waals surface area contributed by atoms with Crippen molar-refractivity contribution in [3.8, 4) is 6.07 Å². The topological polar surface area (TPSA) is 35.8 Å². The predicted molar refractivity (Wildman–Crippen MR) is 76.2 cm³/mol. The van der Waals surface area contributed by atoms with Crippen LogP contribution >= 0.6 is 0 Å². The van der Waals surface area contributed by atoms with Crippen LogP contribution in [-0.2, 0) is 0 Å². The Balaban J connectivity index is 2.51. The van der Waals surface area contributed by atoms with Crippen LogP contribution < -0.4 is 5.32 Å². The first-order valence-electron chi connectivity index (χ1n) is 6.61. The summed E-state index contributed by atoms with van der Waals surface area (Å²) in [6.07, 6.45) is 1.57. The van der Waals surface area contributed by atoms with Crippen LogP contribution in [0.3, 0.4) is 0 Å². The van der Waals surface area contributed by atoms with Gasteiger partial charge in [0.1, 0.15) is 0 Å². The third-order valence-electron chi connectivity index (χ3n) is 3.34. The van der Waals surface area contributed by atoms with Crippen molar-refractivity contribution in [1.29, 1.82) is 5.26 Å². The number of nitrogens with one attached hydrogen (secondary N) is 1. The number of nitrogens with zero attached hydrogens (tertiary/aromatic N) is 1. The van der Waals surface area contributed by atoms with Crippen LogP contribution in [0.1, 0.15) is 50.8 Å². The monoisotopic (exact) mass is 244 g/mol. The Hall–Kier alpha value is -1.33. The fraction of sp³-hybridized carbons (Fsp3) is 0.562. The van der Waals surface area contributed by atoms with Crippen molar-refractivity contribution in [3.63, 3.8) is 0 Å². The van der Waals surface area contributed by atoms with Crippen molar-refractivity contribution >= 4 is 0 Å². The number of rotatable bonds is 6. The van der Waals surface area contributed by atoms with Crippen LogP contribution in [0.15, 0.2) is 24.3 Å². The molecule has 0 saturated heterocycles. The zero-order chi connectivity index (χ0) is 13.6. The summed E-state index contributed by atoms with van der Waals surface area (Å²) in [6.45, 7) is 9.66. The molecule has 0 fully saturated rings. The Bertz CT molecular complexity index is 415. The fourth-order valence-corrected chi connectivity index (χ4v) is 1.97. The molecule has 98 valence electrons. The predicted octanol–water partition coefficient (Wildman–Crippen LogP) is 3.98. The van der Waals surface area contributed by atoms with Gasteiger partial charge in [-0.2, -0.15) is 5.26 Å². The van der Waals surface area contributed by atoms with Gasteiger partial charge in [0.05, 0.1) is 6.07 Å². The minimum Gasteiger partial charge on any atom is -0.310 e. The van der Waals surface area contributed by atoms with Gasteiger partial charge in [-0.3, -0.25) is 0 Å². The van der Waals surface area contributed by atoms with Gasteiger partial charge < -0.3 is 5.32 Å². The maximum atomic E-state index is 8.65. The van der Waals surface area contributed by atoms with E-state index in [2.05, 4.69) is 63.3 Å². The summed E-state index contributed by atoms with van der Waals surface area (Å²) in [5.74, 6) is 0. The first kappa shape index (κ1) is 14.7. The minimum absolute atomic E-state index is 0.174. The maximum Gasteiger partial charge on any atom is 0.0621 e. The summed E-state index contributed by atoms with van der Waals surface area (Å²) in [7, 11) is 0. The second-order valence-electron chi connectivity index (χ2n) is 5.84. The van der Waals surface area contributed by atoms with Gasteiger partial charge in [0.15, 0.2) is 0 Å². The van der Waals surface area contributed by atoms with Gasteiger partial charge in [0, 0.05) is 19.0 Å². The Morgan fingerprint density at radius 3 is 2.72 bits per heavy atom. The molecule has 0 saturated carbocycles. The average molecular weight is 244 g/mol. The minimum atomic E-state index is 0.174. The molecule has 0 radical (unpaired) electrons. The summed E-state index contributed by atoms with van der Waals surface area (Å²) in [4.78, 5) is 0. The molecule has 0 aliphatic rings. The lowest BCUT2D eigenvalue weighted by Gasteiger charge is -2.26. The van der Waals surface area contributed by atoms with Crippen molar-refractivity contribution < 1.29 is 0 Å². The van der Waals surface area contributed by atoms with Crippen LogP contribution in [0.5, 0.6) is 0 Å². The van der Waals surface area contributed by atoms with Crippen molar-refractivity contribution in [2.45, 2.75) is 46.6 Å². The molecule has 1 rings (SSSR count). The van der Waals surface area contributed by atoms with Crippen LogP contribution in [0.2, 0.25) is 0 Å². The van der Waals surface area contributed by atoms with E-state index in [1.54, 1.807) is 0 Å². The van der Waals surface area contributed by atoms with Gasteiger partial charge in [0.25, 0.3) is 0 Å². The van der Waals surface area contributed by atoms with E-state index >= 15 is 0 Å². The molecule has 0 aromatic heterocycles. The van der Waals surface area contributed by atoms with Gasteiger partial charge in [-0.25, -0.2) is 0 Å². The lowest BCUT2D eigenvalue weighted by Crippen LogP contribution is -2.31. The second kappa shape index (κ2) is 6.56. The van der Waals surface area contributed by atoms with Crippen LogP contribution in [0.25, 0.3) is 0 Å². The van der Waals surface area contributed by atoms with Crippen molar-refractivity contribution in [1.82, 2.24) is 5.32 Å². The molecule has 0 spiro atoms. The van der Waals surface area contributed by atoms with Crippen molar-refractivity contribution in [3.05, 3.63) is 35.4 Å². The highest BCUT2D eigenvalue weighted by molar-refractivity contribution is 5.24. The molecule has 1 aromatic rings. The Morgan fingerprint density at radius 2 is 2.11 bits per heavy atom. The molecule has 2 nitrogen and oxygen atoms in total. The summed E-state index contributed by atoms with van der Waals surface area (Å²) in [5.41, 5.74) is 2.80. The number of hydrogen-bond donors (Lipinski definition) is 1. The first-order chi connectivity index (χ1) is 8.44. The summed E-state index contributed by atoms with van der Waals surface area (Å²) in [6, 6.07) is 11.2. The Kier molecular flexibility index (Phi) is 5.37. The average Bonchev–Trinajstić information content (AvgIpc) is 2.34. The van der Waals surface area contributed by atoms with E-state index in [1.807, 2.05) is 0 Å².